The number of amides is 2. The van der Waals surface area contributed by atoms with Gasteiger partial charge in [-0.3, -0.25) is 0 Å². The van der Waals surface area contributed by atoms with E-state index in [0.717, 1.165) is 12.1 Å². The lowest BCUT2D eigenvalue weighted by Crippen LogP contribution is -2.46. The van der Waals surface area contributed by atoms with Crippen LogP contribution in [0.15, 0.2) is 47.0 Å². The van der Waals surface area contributed by atoms with Gasteiger partial charge in [-0.1, -0.05) is 6.07 Å². The quantitative estimate of drug-likeness (QED) is 0.698. The number of hydrogen-bond donors (Lipinski definition) is 2. The van der Waals surface area contributed by atoms with Gasteiger partial charge >= 0.3 is 18.0 Å². The van der Waals surface area contributed by atoms with Crippen molar-refractivity contribution in [3.05, 3.63) is 69.1 Å². The second-order valence-corrected chi connectivity index (χ2v) is 6.84. The number of esters is 2. The summed E-state index contributed by atoms with van der Waals surface area (Å²) in [5.41, 5.74) is -0.387. The smallest absolute Gasteiger partial charge is 0.341 e. The van der Waals surface area contributed by atoms with Gasteiger partial charge in [-0.15, -0.1) is 11.3 Å². The molecule has 0 spiro atoms. The predicted molar refractivity (Wildman–Crippen MR) is 99.0 cm³/mol. The van der Waals surface area contributed by atoms with Gasteiger partial charge in [0.1, 0.15) is 18.2 Å². The first-order chi connectivity index (χ1) is 13.9. The molecule has 2 heterocycles. The van der Waals surface area contributed by atoms with Crippen LogP contribution in [0.5, 0.6) is 0 Å². The number of urea groups is 1. The summed E-state index contributed by atoms with van der Waals surface area (Å²) in [5.74, 6) is -3.69. The third-order valence-electron chi connectivity index (χ3n) is 3.98. The van der Waals surface area contributed by atoms with Gasteiger partial charge in [0.15, 0.2) is 0 Å². The van der Waals surface area contributed by atoms with E-state index in [0.29, 0.717) is 10.9 Å². The van der Waals surface area contributed by atoms with Gasteiger partial charge in [0.05, 0.1) is 29.5 Å². The number of thiophene rings is 1. The first kappa shape index (κ1) is 20.5. The summed E-state index contributed by atoms with van der Waals surface area (Å²) in [4.78, 5) is 37.4. The second-order valence-electron chi connectivity index (χ2n) is 5.86. The van der Waals surface area contributed by atoms with E-state index in [2.05, 4.69) is 10.6 Å². The molecule has 152 valence electrons. The fourth-order valence-corrected chi connectivity index (χ4v) is 3.51. The van der Waals surface area contributed by atoms with Crippen molar-refractivity contribution in [2.24, 2.45) is 0 Å². The number of carbonyl (C=O) groups excluding carboxylic acids is 3. The summed E-state index contributed by atoms with van der Waals surface area (Å²) in [5, 5.41) is 6.84. The van der Waals surface area contributed by atoms with E-state index in [9.17, 15) is 23.2 Å². The minimum Gasteiger partial charge on any atom is -0.463 e. The monoisotopic (exact) mass is 422 g/mol. The van der Waals surface area contributed by atoms with Gasteiger partial charge in [-0.25, -0.2) is 23.2 Å². The molecular weight excluding hydrogens is 406 g/mol. The highest BCUT2D eigenvalue weighted by atomic mass is 32.1. The molecule has 2 amide bonds. The van der Waals surface area contributed by atoms with E-state index in [4.69, 9.17) is 9.47 Å². The van der Waals surface area contributed by atoms with E-state index in [1.807, 2.05) is 0 Å². The Labute approximate surface area is 168 Å². The Morgan fingerprint density at radius 2 is 1.97 bits per heavy atom. The molecular formula is C19H16F2N2O5S. The number of ether oxygens (including phenoxy) is 2. The molecule has 1 atom stereocenters. The van der Waals surface area contributed by atoms with Crippen LogP contribution in [0.3, 0.4) is 0 Å². The minimum absolute atomic E-state index is 0.0152. The molecule has 0 saturated heterocycles. The summed E-state index contributed by atoms with van der Waals surface area (Å²) in [6, 6.07) is 4.52. The minimum atomic E-state index is -1.08. The Morgan fingerprint density at radius 3 is 2.62 bits per heavy atom. The maximum absolute atomic E-state index is 13.8. The maximum atomic E-state index is 13.8. The third-order valence-corrected chi connectivity index (χ3v) is 4.91. The van der Waals surface area contributed by atoms with Gasteiger partial charge in [-0.05, 0) is 30.5 Å². The van der Waals surface area contributed by atoms with Crippen LogP contribution >= 0.6 is 11.3 Å². The van der Waals surface area contributed by atoms with Gasteiger partial charge in [0, 0.05) is 10.9 Å². The molecule has 0 fully saturated rings. The van der Waals surface area contributed by atoms with Crippen molar-refractivity contribution in [3.8, 4) is 0 Å². The molecule has 0 saturated carbocycles. The highest BCUT2D eigenvalue weighted by molar-refractivity contribution is 7.10. The average Bonchev–Trinajstić information content (AvgIpc) is 3.20. The van der Waals surface area contributed by atoms with E-state index >= 15 is 0 Å². The lowest BCUT2D eigenvalue weighted by atomic mass is 10.0. The summed E-state index contributed by atoms with van der Waals surface area (Å²) in [6.07, 6.45) is 0. The van der Waals surface area contributed by atoms with Crippen molar-refractivity contribution in [1.29, 1.82) is 0 Å². The molecule has 1 aromatic heterocycles. The van der Waals surface area contributed by atoms with E-state index in [1.165, 1.54) is 11.3 Å². The highest BCUT2D eigenvalue weighted by Gasteiger charge is 2.34. The van der Waals surface area contributed by atoms with Crippen molar-refractivity contribution in [3.63, 3.8) is 0 Å². The molecule has 0 aliphatic carbocycles. The van der Waals surface area contributed by atoms with Crippen LogP contribution in [0.1, 0.15) is 28.2 Å². The van der Waals surface area contributed by atoms with Crippen LogP contribution in [0.4, 0.5) is 13.6 Å². The molecule has 0 radical (unpaired) electrons. The van der Waals surface area contributed by atoms with E-state index in [-0.39, 0.29) is 17.9 Å². The zero-order chi connectivity index (χ0) is 21.0. The molecule has 1 unspecified atom stereocenters. The van der Waals surface area contributed by atoms with Crippen molar-refractivity contribution < 1.29 is 32.6 Å². The van der Waals surface area contributed by atoms with Crippen LogP contribution in [0, 0.1) is 11.6 Å². The third kappa shape index (κ3) is 4.60. The van der Waals surface area contributed by atoms with Crippen LogP contribution < -0.4 is 10.6 Å². The zero-order valence-corrected chi connectivity index (χ0v) is 16.0. The van der Waals surface area contributed by atoms with Crippen molar-refractivity contribution in [2.75, 3.05) is 13.2 Å². The Morgan fingerprint density at radius 1 is 1.17 bits per heavy atom. The van der Waals surface area contributed by atoms with Crippen LogP contribution in [-0.4, -0.2) is 31.2 Å². The van der Waals surface area contributed by atoms with Gasteiger partial charge < -0.3 is 20.1 Å². The fourth-order valence-electron chi connectivity index (χ4n) is 2.72. The molecule has 0 bridgehead atoms. The number of halogens is 2. The van der Waals surface area contributed by atoms with Crippen molar-refractivity contribution >= 4 is 29.3 Å². The Balaban J connectivity index is 1.89. The lowest BCUT2D eigenvalue weighted by Gasteiger charge is -2.28. The number of nitrogens with one attached hydrogen (secondary N) is 2. The maximum Gasteiger partial charge on any atom is 0.341 e. The number of carbonyl (C=O) groups is 3. The molecule has 2 aromatic rings. The van der Waals surface area contributed by atoms with Gasteiger partial charge in [0.2, 0.25) is 0 Å². The standard InChI is InChI=1S/C19H16F2N2O5S/c1-2-27-18(25)15-13(22-19(26)23-16(15)14-4-3-7-29-14)9-28-17(24)11-6-5-10(20)8-12(11)21/h3-8,16H,2,9H2,1H3,(H2,22,23,26). The summed E-state index contributed by atoms with van der Waals surface area (Å²) < 4.78 is 36.9. The fraction of sp³-hybridized carbons (Fsp3) is 0.211. The first-order valence-corrected chi connectivity index (χ1v) is 9.42. The first-order valence-electron chi connectivity index (χ1n) is 8.54. The molecule has 1 aliphatic rings. The molecule has 2 N–H and O–H groups in total. The van der Waals surface area contributed by atoms with E-state index < -0.39 is 47.8 Å². The van der Waals surface area contributed by atoms with Crippen LogP contribution in [0.25, 0.3) is 0 Å². The molecule has 1 aliphatic heterocycles. The van der Waals surface area contributed by atoms with Crippen LogP contribution in [-0.2, 0) is 14.3 Å². The average molecular weight is 422 g/mol. The normalized spacial score (nSPS) is 16.1. The molecule has 3 rings (SSSR count). The Kier molecular flexibility index (Phi) is 6.23. The molecule has 10 heteroatoms. The Hall–Kier alpha value is -3.27. The van der Waals surface area contributed by atoms with E-state index in [1.54, 1.807) is 24.4 Å². The molecule has 7 nitrogen and oxygen atoms in total. The Bertz CT molecular complexity index is 975. The highest BCUT2D eigenvalue weighted by Crippen LogP contribution is 2.30. The number of hydrogen-bond acceptors (Lipinski definition) is 6. The SMILES string of the molecule is CCOC(=O)C1=C(COC(=O)c2ccc(F)cc2F)NC(=O)NC1c1cccs1. The van der Waals surface area contributed by atoms with Gasteiger partial charge in [-0.2, -0.15) is 0 Å². The lowest BCUT2D eigenvalue weighted by molar-refractivity contribution is -0.139. The number of benzene rings is 1. The van der Waals surface area contributed by atoms with Crippen molar-refractivity contribution in [2.45, 2.75) is 13.0 Å². The van der Waals surface area contributed by atoms with Gasteiger partial charge in [0.25, 0.3) is 0 Å². The number of rotatable bonds is 6. The van der Waals surface area contributed by atoms with Crippen LogP contribution in [0.2, 0.25) is 0 Å². The topological polar surface area (TPSA) is 93.7 Å². The molecule has 29 heavy (non-hydrogen) atoms. The van der Waals surface area contributed by atoms with Crippen molar-refractivity contribution in [1.82, 2.24) is 10.6 Å². The summed E-state index contributed by atoms with van der Waals surface area (Å²) >= 11 is 1.32. The zero-order valence-electron chi connectivity index (χ0n) is 15.2. The summed E-state index contributed by atoms with van der Waals surface area (Å²) in [6.45, 7) is 1.21. The predicted octanol–water partition coefficient (Wildman–Crippen LogP) is 3.05. The second kappa shape index (κ2) is 8.82. The summed E-state index contributed by atoms with van der Waals surface area (Å²) in [7, 11) is 0. The largest absolute Gasteiger partial charge is 0.463 e. The molecule has 1 aromatic carbocycles.